The van der Waals surface area contributed by atoms with Gasteiger partial charge in [-0.15, -0.1) is 0 Å². The molecule has 0 aromatic heterocycles. The quantitative estimate of drug-likeness (QED) is 0.641. The summed E-state index contributed by atoms with van der Waals surface area (Å²) in [7, 11) is 0. The van der Waals surface area contributed by atoms with Crippen molar-refractivity contribution in [1.29, 1.82) is 0 Å². The summed E-state index contributed by atoms with van der Waals surface area (Å²) in [6.45, 7) is 4.42. The van der Waals surface area contributed by atoms with E-state index in [1.54, 1.807) is 0 Å². The van der Waals surface area contributed by atoms with Gasteiger partial charge in [0, 0.05) is 5.54 Å². The van der Waals surface area contributed by atoms with E-state index in [1.165, 1.54) is 19.3 Å². The van der Waals surface area contributed by atoms with Crippen molar-refractivity contribution in [3.63, 3.8) is 0 Å². The van der Waals surface area contributed by atoms with E-state index in [4.69, 9.17) is 5.73 Å². The zero-order valence-electron chi connectivity index (χ0n) is 7.19. The first kappa shape index (κ1) is 8.06. The summed E-state index contributed by atoms with van der Waals surface area (Å²) in [5, 5.41) is 0. The lowest BCUT2D eigenvalue weighted by Gasteiger charge is -2.41. The lowest BCUT2D eigenvalue weighted by Crippen LogP contribution is -2.48. The highest BCUT2D eigenvalue weighted by atomic mass is 14.8. The van der Waals surface area contributed by atoms with Crippen LogP contribution in [-0.2, 0) is 0 Å². The second-order valence-electron chi connectivity index (χ2n) is 3.57. The van der Waals surface area contributed by atoms with Gasteiger partial charge in [-0.3, -0.25) is 0 Å². The molecule has 0 aromatic carbocycles. The summed E-state index contributed by atoms with van der Waals surface area (Å²) in [5.41, 5.74) is 6.38. The number of rotatable bonds is 3. The predicted molar refractivity (Wildman–Crippen MR) is 44.8 cm³/mol. The lowest BCUT2D eigenvalue weighted by atomic mass is 9.69. The van der Waals surface area contributed by atoms with Gasteiger partial charge in [-0.1, -0.05) is 20.3 Å². The van der Waals surface area contributed by atoms with Crippen LogP contribution in [0.2, 0.25) is 0 Å². The molecular formula is C9H19N. The summed E-state index contributed by atoms with van der Waals surface area (Å²) < 4.78 is 0. The zero-order chi connectivity index (χ0) is 7.61. The van der Waals surface area contributed by atoms with E-state index in [2.05, 4.69) is 13.8 Å². The Balaban J connectivity index is 2.44. The van der Waals surface area contributed by atoms with Gasteiger partial charge in [0.25, 0.3) is 0 Å². The van der Waals surface area contributed by atoms with Crippen molar-refractivity contribution < 1.29 is 0 Å². The van der Waals surface area contributed by atoms with Gasteiger partial charge in [0.15, 0.2) is 0 Å². The fourth-order valence-electron chi connectivity index (χ4n) is 1.81. The Morgan fingerprint density at radius 3 is 1.90 bits per heavy atom. The number of hydrogen-bond donors (Lipinski definition) is 1. The Hall–Kier alpha value is -0.0400. The van der Waals surface area contributed by atoms with E-state index in [0.717, 1.165) is 18.8 Å². The lowest BCUT2D eigenvalue weighted by molar-refractivity contribution is 0.156. The highest BCUT2D eigenvalue weighted by molar-refractivity contribution is 4.92. The second kappa shape index (κ2) is 2.91. The molecule has 0 unspecified atom stereocenters. The zero-order valence-corrected chi connectivity index (χ0v) is 7.19. The summed E-state index contributed by atoms with van der Waals surface area (Å²) >= 11 is 0. The SMILES string of the molecule is CCC(N)(CC)C1CCC1. The van der Waals surface area contributed by atoms with Gasteiger partial charge in [-0.05, 0) is 31.6 Å². The Morgan fingerprint density at radius 2 is 1.80 bits per heavy atom. The molecule has 10 heavy (non-hydrogen) atoms. The van der Waals surface area contributed by atoms with Crippen LogP contribution < -0.4 is 5.73 Å². The van der Waals surface area contributed by atoms with E-state index in [9.17, 15) is 0 Å². The second-order valence-corrected chi connectivity index (χ2v) is 3.57. The van der Waals surface area contributed by atoms with Crippen molar-refractivity contribution in [1.82, 2.24) is 0 Å². The van der Waals surface area contributed by atoms with Crippen LogP contribution in [0.4, 0.5) is 0 Å². The molecule has 0 spiro atoms. The van der Waals surface area contributed by atoms with Gasteiger partial charge in [0.1, 0.15) is 0 Å². The average molecular weight is 141 g/mol. The first-order chi connectivity index (χ1) is 4.73. The molecule has 0 heterocycles. The van der Waals surface area contributed by atoms with Gasteiger partial charge in [-0.2, -0.15) is 0 Å². The topological polar surface area (TPSA) is 26.0 Å². The van der Waals surface area contributed by atoms with Crippen LogP contribution in [0, 0.1) is 5.92 Å². The Bertz CT molecular complexity index is 101. The minimum absolute atomic E-state index is 0.179. The van der Waals surface area contributed by atoms with E-state index >= 15 is 0 Å². The van der Waals surface area contributed by atoms with Crippen molar-refractivity contribution in [3.8, 4) is 0 Å². The third-order valence-corrected chi connectivity index (χ3v) is 3.23. The molecule has 1 rings (SSSR count). The van der Waals surface area contributed by atoms with Crippen molar-refractivity contribution in [2.45, 2.75) is 51.5 Å². The van der Waals surface area contributed by atoms with Crippen molar-refractivity contribution in [3.05, 3.63) is 0 Å². The van der Waals surface area contributed by atoms with E-state index in [1.807, 2.05) is 0 Å². The molecule has 1 nitrogen and oxygen atoms in total. The van der Waals surface area contributed by atoms with Crippen LogP contribution in [0.1, 0.15) is 46.0 Å². The van der Waals surface area contributed by atoms with Crippen LogP contribution in [0.15, 0.2) is 0 Å². The fourth-order valence-corrected chi connectivity index (χ4v) is 1.81. The molecule has 0 bridgehead atoms. The standard InChI is InChI=1S/C9H19N/c1-3-9(10,4-2)8-6-5-7-8/h8H,3-7,10H2,1-2H3. The molecule has 60 valence electrons. The summed E-state index contributed by atoms with van der Waals surface area (Å²) in [5.74, 6) is 0.836. The summed E-state index contributed by atoms with van der Waals surface area (Å²) in [6.07, 6.45) is 6.45. The molecule has 1 fully saturated rings. The molecule has 2 N–H and O–H groups in total. The van der Waals surface area contributed by atoms with Crippen LogP contribution in [0.5, 0.6) is 0 Å². The molecule has 0 amide bonds. The highest BCUT2D eigenvalue weighted by Crippen LogP contribution is 2.38. The molecule has 0 aromatic rings. The maximum atomic E-state index is 6.20. The minimum Gasteiger partial charge on any atom is -0.325 e. The molecule has 1 saturated carbocycles. The maximum Gasteiger partial charge on any atom is 0.0177 e. The summed E-state index contributed by atoms with van der Waals surface area (Å²) in [6, 6.07) is 0. The normalized spacial score (nSPS) is 20.7. The van der Waals surface area contributed by atoms with Gasteiger partial charge >= 0.3 is 0 Å². The van der Waals surface area contributed by atoms with E-state index in [-0.39, 0.29) is 5.54 Å². The van der Waals surface area contributed by atoms with Crippen LogP contribution >= 0.6 is 0 Å². The van der Waals surface area contributed by atoms with Crippen molar-refractivity contribution >= 4 is 0 Å². The minimum atomic E-state index is 0.179. The van der Waals surface area contributed by atoms with Gasteiger partial charge < -0.3 is 5.73 Å². The van der Waals surface area contributed by atoms with Gasteiger partial charge in [0.2, 0.25) is 0 Å². The molecule has 0 radical (unpaired) electrons. The first-order valence-electron chi connectivity index (χ1n) is 4.52. The maximum absolute atomic E-state index is 6.20. The number of nitrogens with two attached hydrogens (primary N) is 1. The van der Waals surface area contributed by atoms with E-state index < -0.39 is 0 Å². The molecule has 0 aliphatic heterocycles. The number of hydrogen-bond acceptors (Lipinski definition) is 1. The van der Waals surface area contributed by atoms with Crippen LogP contribution in [0.25, 0.3) is 0 Å². The largest absolute Gasteiger partial charge is 0.325 e. The molecule has 1 heteroatoms. The first-order valence-corrected chi connectivity index (χ1v) is 4.52. The molecule has 1 aliphatic carbocycles. The Kier molecular flexibility index (Phi) is 2.35. The third kappa shape index (κ3) is 1.20. The van der Waals surface area contributed by atoms with Crippen molar-refractivity contribution in [2.75, 3.05) is 0 Å². The van der Waals surface area contributed by atoms with Crippen LogP contribution in [-0.4, -0.2) is 5.54 Å². The molecule has 0 atom stereocenters. The van der Waals surface area contributed by atoms with Gasteiger partial charge in [0.05, 0.1) is 0 Å². The molecule has 1 aliphatic rings. The fraction of sp³-hybridized carbons (Fsp3) is 1.00. The predicted octanol–water partition coefficient (Wildman–Crippen LogP) is 2.30. The van der Waals surface area contributed by atoms with Crippen LogP contribution in [0.3, 0.4) is 0 Å². The summed E-state index contributed by atoms with van der Waals surface area (Å²) in [4.78, 5) is 0. The monoisotopic (exact) mass is 141 g/mol. The average Bonchev–Trinajstić information content (AvgIpc) is 1.84. The van der Waals surface area contributed by atoms with Crippen molar-refractivity contribution in [2.24, 2.45) is 11.7 Å². The molecular weight excluding hydrogens is 122 g/mol. The van der Waals surface area contributed by atoms with E-state index in [0.29, 0.717) is 0 Å². The Labute approximate surface area is 64.0 Å². The van der Waals surface area contributed by atoms with Gasteiger partial charge in [-0.25, -0.2) is 0 Å². The smallest absolute Gasteiger partial charge is 0.0177 e. The Morgan fingerprint density at radius 1 is 1.30 bits per heavy atom. The third-order valence-electron chi connectivity index (χ3n) is 3.23. The highest BCUT2D eigenvalue weighted by Gasteiger charge is 2.35. The molecule has 0 saturated heterocycles.